The van der Waals surface area contributed by atoms with Gasteiger partial charge in [-0.05, 0) is 42.2 Å². The van der Waals surface area contributed by atoms with E-state index in [-0.39, 0.29) is 22.6 Å². The Morgan fingerprint density at radius 3 is 2.59 bits per heavy atom. The van der Waals surface area contributed by atoms with Crippen LogP contribution in [0.4, 0.5) is 0 Å². The molecule has 0 bridgehead atoms. The molecule has 0 saturated heterocycles. The van der Waals surface area contributed by atoms with Crippen molar-refractivity contribution >= 4 is 29.3 Å². The van der Waals surface area contributed by atoms with Gasteiger partial charge in [-0.3, -0.25) is 4.79 Å². The highest BCUT2D eigenvalue weighted by Gasteiger charge is 2.41. The zero-order valence-corrected chi connectivity index (χ0v) is 20.8. The zero-order valence-electron chi connectivity index (χ0n) is 19.2. The molecule has 2 atom stereocenters. The number of rotatable bonds is 6. The van der Waals surface area contributed by atoms with Gasteiger partial charge in [-0.25, -0.2) is 9.97 Å². The number of thioether (sulfide) groups is 1. The van der Waals surface area contributed by atoms with E-state index in [0.29, 0.717) is 6.54 Å². The maximum absolute atomic E-state index is 14.0. The third kappa shape index (κ3) is 4.66. The van der Waals surface area contributed by atoms with Crippen LogP contribution in [-0.2, 0) is 11.3 Å². The number of hydrogen-bond donors (Lipinski definition) is 0. The Hall–Kier alpha value is -2.57. The van der Waals surface area contributed by atoms with Crippen LogP contribution in [0.2, 0.25) is 0 Å². The lowest BCUT2D eigenvalue weighted by Gasteiger charge is -2.36. The molecule has 3 aromatic rings. The summed E-state index contributed by atoms with van der Waals surface area (Å²) in [6.07, 6.45) is 10.7. The molecule has 5 nitrogen and oxygen atoms in total. The molecule has 1 aromatic heterocycles. The van der Waals surface area contributed by atoms with Crippen LogP contribution in [0.1, 0.15) is 48.6 Å². The molecule has 1 aliphatic carbocycles. The summed E-state index contributed by atoms with van der Waals surface area (Å²) in [7, 11) is 1.68. The summed E-state index contributed by atoms with van der Waals surface area (Å²) in [6, 6.07) is 14.4. The first-order chi connectivity index (χ1) is 16.7. The van der Waals surface area contributed by atoms with Gasteiger partial charge in [0.05, 0.1) is 12.5 Å². The van der Waals surface area contributed by atoms with E-state index in [0.717, 1.165) is 58.6 Å². The van der Waals surface area contributed by atoms with E-state index >= 15 is 0 Å². The Bertz CT molecular complexity index is 1150. The summed E-state index contributed by atoms with van der Waals surface area (Å²) in [4.78, 5) is 25.5. The Morgan fingerprint density at radius 1 is 1.09 bits per heavy atom. The van der Waals surface area contributed by atoms with Gasteiger partial charge in [0.25, 0.3) is 0 Å². The van der Waals surface area contributed by atoms with Gasteiger partial charge in [0.2, 0.25) is 5.91 Å². The van der Waals surface area contributed by atoms with E-state index < -0.39 is 0 Å². The summed E-state index contributed by atoms with van der Waals surface area (Å²) < 4.78 is 5.70. The smallest absolute Gasteiger partial charge is 0.238 e. The summed E-state index contributed by atoms with van der Waals surface area (Å²) in [6.45, 7) is 0.491. The fourth-order valence-corrected chi connectivity index (χ4v) is 6.79. The molecule has 2 aliphatic rings. The Kier molecular flexibility index (Phi) is 7.07. The molecule has 5 rings (SSSR count). The summed E-state index contributed by atoms with van der Waals surface area (Å²) in [5.74, 6) is 0.891. The van der Waals surface area contributed by atoms with E-state index in [4.69, 9.17) is 16.3 Å². The van der Waals surface area contributed by atoms with Gasteiger partial charge in [0.1, 0.15) is 17.3 Å². The van der Waals surface area contributed by atoms with Gasteiger partial charge in [-0.1, -0.05) is 43.5 Å². The maximum atomic E-state index is 14.0. The van der Waals surface area contributed by atoms with Crippen molar-refractivity contribution < 1.29 is 9.53 Å². The van der Waals surface area contributed by atoms with Gasteiger partial charge >= 0.3 is 0 Å². The van der Waals surface area contributed by atoms with E-state index in [2.05, 4.69) is 27.0 Å². The lowest BCUT2D eigenvalue weighted by molar-refractivity contribution is -0.134. The molecule has 0 spiro atoms. The van der Waals surface area contributed by atoms with Crippen LogP contribution >= 0.6 is 23.4 Å². The maximum Gasteiger partial charge on any atom is 0.238 e. The van der Waals surface area contributed by atoms with Crippen LogP contribution in [-0.4, -0.2) is 39.2 Å². The van der Waals surface area contributed by atoms with Crippen LogP contribution in [0.25, 0.3) is 11.1 Å². The van der Waals surface area contributed by atoms with Gasteiger partial charge in [0, 0.05) is 41.0 Å². The minimum absolute atomic E-state index is 0.114. The quantitative estimate of drug-likeness (QED) is 0.379. The summed E-state index contributed by atoms with van der Waals surface area (Å²) in [5.41, 5.74) is 3.98. The first kappa shape index (κ1) is 23.2. The molecule has 7 heteroatoms. The van der Waals surface area contributed by atoms with Crippen LogP contribution in [0.3, 0.4) is 0 Å². The number of amides is 1. The number of carbonyl (C=O) groups is 1. The molecule has 2 aromatic carbocycles. The number of carbonyl (C=O) groups excluding carboxylic acids is 1. The molecule has 2 unspecified atom stereocenters. The average Bonchev–Trinajstić information content (AvgIpc) is 3.24. The minimum Gasteiger partial charge on any atom is -0.496 e. The number of ether oxygens (including phenoxy) is 1. The first-order valence-electron chi connectivity index (χ1n) is 11.8. The predicted molar refractivity (Wildman–Crippen MR) is 136 cm³/mol. The highest BCUT2D eigenvalue weighted by Crippen LogP contribution is 2.48. The third-order valence-corrected chi connectivity index (χ3v) is 8.78. The van der Waals surface area contributed by atoms with E-state index in [1.807, 2.05) is 30.3 Å². The molecule has 176 valence electrons. The number of alkyl halides is 1. The number of fused-ring (bicyclic) bond motifs is 1. The number of aromatic nitrogens is 2. The first-order valence-corrected chi connectivity index (χ1v) is 13.1. The summed E-state index contributed by atoms with van der Waals surface area (Å²) in [5, 5.41) is -0.646. The topological polar surface area (TPSA) is 55.3 Å². The predicted octanol–water partition coefficient (Wildman–Crippen LogP) is 6.27. The number of methoxy groups -OCH3 is 1. The van der Waals surface area contributed by atoms with E-state index in [9.17, 15) is 4.79 Å². The Morgan fingerprint density at radius 2 is 1.85 bits per heavy atom. The molecule has 34 heavy (non-hydrogen) atoms. The molecule has 2 heterocycles. The molecule has 1 amide bonds. The summed E-state index contributed by atoms with van der Waals surface area (Å²) >= 11 is 8.44. The highest BCUT2D eigenvalue weighted by molar-refractivity contribution is 8.01. The molecular formula is C27H28ClN3O2S. The molecule has 1 fully saturated rings. The molecule has 1 aliphatic heterocycles. The van der Waals surface area contributed by atoms with Crippen molar-refractivity contribution in [2.45, 2.75) is 60.2 Å². The Balaban J connectivity index is 1.47. The number of halogens is 1. The zero-order chi connectivity index (χ0) is 23.5. The fraction of sp³-hybridized carbons (Fsp3) is 0.370. The molecule has 0 N–H and O–H groups in total. The van der Waals surface area contributed by atoms with Gasteiger partial charge in [-0.15, -0.1) is 23.4 Å². The second kappa shape index (κ2) is 10.4. The van der Waals surface area contributed by atoms with Gasteiger partial charge in [-0.2, -0.15) is 0 Å². The van der Waals surface area contributed by atoms with Crippen molar-refractivity contribution in [1.82, 2.24) is 14.9 Å². The lowest BCUT2D eigenvalue weighted by atomic mass is 9.93. The fourth-order valence-electron chi connectivity index (χ4n) is 5.01. The largest absolute Gasteiger partial charge is 0.496 e. The number of benzene rings is 2. The van der Waals surface area contributed by atoms with Crippen molar-refractivity contribution in [3.05, 3.63) is 72.3 Å². The van der Waals surface area contributed by atoms with Crippen LogP contribution in [0.15, 0.2) is 66.1 Å². The van der Waals surface area contributed by atoms with E-state index in [1.54, 1.807) is 31.3 Å². The van der Waals surface area contributed by atoms with Crippen molar-refractivity contribution in [1.29, 1.82) is 0 Å². The van der Waals surface area contributed by atoms with Crippen molar-refractivity contribution in [3.8, 4) is 16.9 Å². The average molecular weight is 494 g/mol. The van der Waals surface area contributed by atoms with E-state index in [1.165, 1.54) is 12.7 Å². The van der Waals surface area contributed by atoms with Gasteiger partial charge in [0.15, 0.2) is 0 Å². The van der Waals surface area contributed by atoms with Crippen LogP contribution < -0.4 is 4.74 Å². The molecule has 1 saturated carbocycles. The Labute approximate surface area is 209 Å². The van der Waals surface area contributed by atoms with Crippen molar-refractivity contribution in [3.63, 3.8) is 0 Å². The third-order valence-electron chi connectivity index (χ3n) is 6.79. The minimum atomic E-state index is -0.325. The number of nitrogens with zero attached hydrogens (tertiary/aromatic N) is 3. The van der Waals surface area contributed by atoms with Crippen LogP contribution in [0.5, 0.6) is 5.75 Å². The normalized spacial score (nSPS) is 20.1. The SMILES string of the molecule is COc1ccc(-c2cncnc2)cc1CN(C(=O)C1Sc2ccccc2C1Cl)C1CCCCC1. The standard InChI is InChI=1S/C27H28ClN3O2S/c1-33-23-12-11-18(20-14-29-17-30-15-20)13-19(23)16-31(21-7-3-2-4-8-21)27(32)26-25(28)22-9-5-6-10-24(22)34-26/h5-6,9-15,17,21,25-26H,2-4,7-8,16H2,1H3. The highest BCUT2D eigenvalue weighted by atomic mass is 35.5. The number of hydrogen-bond acceptors (Lipinski definition) is 5. The lowest BCUT2D eigenvalue weighted by Crippen LogP contribution is -2.45. The monoisotopic (exact) mass is 493 g/mol. The van der Waals surface area contributed by atoms with Gasteiger partial charge < -0.3 is 9.64 Å². The molecular weight excluding hydrogens is 466 g/mol. The molecule has 0 radical (unpaired) electrons. The second-order valence-electron chi connectivity index (χ2n) is 8.89. The second-order valence-corrected chi connectivity index (χ2v) is 10.5. The van der Waals surface area contributed by atoms with Crippen molar-refractivity contribution in [2.75, 3.05) is 7.11 Å². The van der Waals surface area contributed by atoms with Crippen LogP contribution in [0, 0.1) is 0 Å². The van der Waals surface area contributed by atoms with Crippen molar-refractivity contribution in [2.24, 2.45) is 0 Å².